The van der Waals surface area contributed by atoms with Crippen LogP contribution >= 0.6 is 24.7 Å². The number of phenols is 2. The second kappa shape index (κ2) is 15.5. The van der Waals surface area contributed by atoms with Crippen molar-refractivity contribution < 1.29 is 38.4 Å². The van der Waals surface area contributed by atoms with Crippen molar-refractivity contribution >= 4 is 24.7 Å². The van der Waals surface area contributed by atoms with Crippen LogP contribution in [0.1, 0.15) is 0 Å². The predicted octanol–water partition coefficient (Wildman–Crippen LogP) is 10.7. The van der Waals surface area contributed by atoms with Crippen LogP contribution in [0, 0.1) is 0 Å². The minimum Gasteiger partial charge on any atom is -0.508 e. The molecule has 0 saturated heterocycles. The van der Waals surface area contributed by atoms with Gasteiger partial charge >= 0.3 is 16.2 Å². The maximum absolute atomic E-state index is 11.0. The highest BCUT2D eigenvalue weighted by Gasteiger charge is 2.25. The predicted molar refractivity (Wildman–Crippen MR) is 192 cm³/mol. The number of aromatic nitrogens is 3. The van der Waals surface area contributed by atoms with E-state index in [-0.39, 0.29) is 28.7 Å². The molecule has 1 aromatic heterocycles. The summed E-state index contributed by atoms with van der Waals surface area (Å²) in [6.07, 6.45) is 0. The van der Waals surface area contributed by atoms with Crippen molar-refractivity contribution in [3.05, 3.63) is 158 Å². The topological polar surface area (TPSA) is 119 Å². The van der Waals surface area contributed by atoms with Crippen LogP contribution in [0.4, 0.5) is 0 Å². The van der Waals surface area contributed by atoms with Crippen molar-refractivity contribution in [2.75, 3.05) is 0 Å². The Morgan fingerprint density at radius 2 is 1.02 bits per heavy atom. The van der Waals surface area contributed by atoms with Crippen LogP contribution < -0.4 is 28.2 Å². The summed E-state index contributed by atoms with van der Waals surface area (Å²) in [6, 6.07) is 45.9. The molecule has 0 amide bonds. The van der Waals surface area contributed by atoms with E-state index < -0.39 is 16.2 Å². The number of hydrogen-bond acceptors (Lipinski definition) is 9. The molecule has 0 aliphatic carbocycles. The van der Waals surface area contributed by atoms with E-state index in [1.165, 1.54) is 22.5 Å². The molecule has 2 atom stereocenters. The number of hydrogen-bond donors (Lipinski definition) is 2. The molecule has 0 spiro atoms. The fourth-order valence-corrected chi connectivity index (χ4v) is 9.32. The van der Waals surface area contributed by atoms with Gasteiger partial charge in [0.15, 0.2) is 31.5 Å². The molecule has 0 saturated carbocycles. The van der Waals surface area contributed by atoms with Gasteiger partial charge in [-0.25, -0.2) is 0 Å². The van der Waals surface area contributed by atoms with E-state index in [2.05, 4.69) is 0 Å². The summed E-state index contributed by atoms with van der Waals surface area (Å²) < 4.78 is 33.6. The average Bonchev–Trinajstić information content (AvgIpc) is 3.15. The van der Waals surface area contributed by atoms with Gasteiger partial charge in [-0.1, -0.05) is 77.1 Å². The molecule has 11 nitrogen and oxygen atoms in total. The number of nitrogens with zero attached hydrogens (tertiary/aromatic N) is 3. The van der Waals surface area contributed by atoms with Crippen molar-refractivity contribution in [2.45, 2.75) is 0 Å². The number of rotatable bonds is 12. The van der Waals surface area contributed by atoms with E-state index in [1.54, 1.807) is 46.7 Å². The molecular weight excluding hydrogens is 695 g/mol. The molecule has 14 heteroatoms. The third-order valence-electron chi connectivity index (χ3n) is 6.68. The van der Waals surface area contributed by atoms with Gasteiger partial charge in [0.25, 0.3) is 0 Å². The van der Waals surface area contributed by atoms with E-state index in [4.69, 9.17) is 32.7 Å². The molecule has 2 unspecified atom stereocenters. The fourth-order valence-electron chi connectivity index (χ4n) is 4.37. The SMILES string of the molecule is Oc1ccc(On2p(Oc3ccc(O)c(Oc4ccccc4)c3Oc3ccccc3)npn(Oc3ccccc3)p2Oc2ccccc2)cc1. The largest absolute Gasteiger partial charge is 0.508 e. The monoisotopic (exact) mass is 723 g/mol. The molecule has 250 valence electrons. The summed E-state index contributed by atoms with van der Waals surface area (Å²) in [5, 5.41) is 21.0. The van der Waals surface area contributed by atoms with Crippen LogP contribution in [0.2, 0.25) is 0 Å². The van der Waals surface area contributed by atoms with Gasteiger partial charge in [-0.2, -0.15) is 0 Å². The lowest BCUT2D eigenvalue weighted by Gasteiger charge is -2.22. The third kappa shape index (κ3) is 8.00. The van der Waals surface area contributed by atoms with Crippen molar-refractivity contribution in [1.29, 1.82) is 0 Å². The Morgan fingerprint density at radius 1 is 0.500 bits per heavy atom. The van der Waals surface area contributed by atoms with E-state index >= 15 is 0 Å². The molecule has 50 heavy (non-hydrogen) atoms. The van der Waals surface area contributed by atoms with Gasteiger partial charge in [0.05, 0.1) is 0 Å². The van der Waals surface area contributed by atoms with Crippen LogP contribution in [0.3, 0.4) is 0 Å². The van der Waals surface area contributed by atoms with E-state index in [0.29, 0.717) is 37.3 Å². The Balaban J connectivity index is 1.38. The van der Waals surface area contributed by atoms with E-state index in [0.717, 1.165) is 0 Å². The minimum absolute atomic E-state index is 0.0463. The lowest BCUT2D eigenvalue weighted by atomic mass is 10.2. The molecule has 6 aromatic carbocycles. The summed E-state index contributed by atoms with van der Waals surface area (Å²) in [6.45, 7) is 0. The van der Waals surface area contributed by atoms with Crippen LogP contribution in [0.5, 0.6) is 57.5 Å². The Labute approximate surface area is 290 Å². The fraction of sp³-hybridized carbons (Fsp3) is 0. The van der Waals surface area contributed by atoms with Gasteiger partial charge < -0.3 is 38.4 Å². The molecule has 2 N–H and O–H groups in total. The first-order chi connectivity index (χ1) is 24.6. The lowest BCUT2D eigenvalue weighted by Crippen LogP contribution is -2.14. The number of para-hydroxylation sites is 4. The van der Waals surface area contributed by atoms with Gasteiger partial charge in [0, 0.05) is 0 Å². The van der Waals surface area contributed by atoms with Crippen LogP contribution in [-0.2, 0) is 0 Å². The molecule has 7 rings (SSSR count). The number of phenolic OH excluding ortho intramolecular Hbond substituents is 2. The minimum atomic E-state index is -2.03. The normalized spacial score (nSPS) is 11.4. The molecule has 0 aliphatic heterocycles. The third-order valence-corrected chi connectivity index (χ3v) is 11.3. The first kappa shape index (κ1) is 32.6. The maximum Gasteiger partial charge on any atom is 0.319 e. The molecule has 0 fully saturated rings. The zero-order valence-corrected chi connectivity index (χ0v) is 28.7. The van der Waals surface area contributed by atoms with Crippen LogP contribution in [0.25, 0.3) is 0 Å². The zero-order valence-electron chi connectivity index (χ0n) is 26.0. The smallest absolute Gasteiger partial charge is 0.319 e. The summed E-state index contributed by atoms with van der Waals surface area (Å²) in [4.78, 5) is 12.7. The molecule has 7 aromatic rings. The highest BCUT2D eigenvalue weighted by molar-refractivity contribution is 7.56. The van der Waals surface area contributed by atoms with Gasteiger partial charge in [0.2, 0.25) is 11.5 Å². The number of ether oxygens (including phenoxy) is 2. The summed E-state index contributed by atoms with van der Waals surface area (Å²) in [5.41, 5.74) is 0. The maximum atomic E-state index is 11.0. The van der Waals surface area contributed by atoms with Crippen molar-refractivity contribution in [2.24, 2.45) is 0 Å². The van der Waals surface area contributed by atoms with Crippen LogP contribution in [-0.4, -0.2) is 23.2 Å². The zero-order chi connectivity index (χ0) is 34.1. The molecule has 0 aliphatic rings. The van der Waals surface area contributed by atoms with Crippen LogP contribution in [0.15, 0.2) is 158 Å². The highest BCUT2D eigenvalue weighted by atomic mass is 31.2. The summed E-state index contributed by atoms with van der Waals surface area (Å²) in [5.74, 6) is 2.78. The van der Waals surface area contributed by atoms with Gasteiger partial charge in [-0.05, 0) is 89.2 Å². The number of aromatic hydroxyl groups is 2. The Bertz CT molecular complexity index is 2190. The second-order valence-electron chi connectivity index (χ2n) is 10.2. The van der Waals surface area contributed by atoms with Gasteiger partial charge in [0.1, 0.15) is 23.0 Å². The van der Waals surface area contributed by atoms with Gasteiger partial charge in [-0.3, -0.25) is 0 Å². The lowest BCUT2D eigenvalue weighted by molar-refractivity contribution is 0.232. The number of benzene rings is 6. The van der Waals surface area contributed by atoms with E-state index in [1.807, 2.05) is 97.1 Å². The molecule has 0 radical (unpaired) electrons. The van der Waals surface area contributed by atoms with E-state index in [9.17, 15) is 10.2 Å². The standard InChI is InChI=1S/C36H28N3O8P3/c40-27-21-23-31(24-22-27)45-39-49(37-48-38(44-30-17-9-3-10-18-30)50(39)46-32-19-11-4-12-20-32)47-34-26-25-33(41)35(42-28-13-5-1-6-14-28)36(34)43-29-15-7-2-8-16-29/h1-26,40-41H. The Morgan fingerprint density at radius 3 is 1.62 bits per heavy atom. The Hall–Kier alpha value is -5.98. The molecule has 0 bridgehead atoms. The summed E-state index contributed by atoms with van der Waals surface area (Å²) >= 11 is 0. The highest BCUT2D eigenvalue weighted by Crippen LogP contribution is 2.51. The van der Waals surface area contributed by atoms with Crippen molar-refractivity contribution in [3.8, 4) is 57.5 Å². The second-order valence-corrected chi connectivity index (χ2v) is 14.6. The first-order valence-corrected chi connectivity index (χ1v) is 18.3. The van der Waals surface area contributed by atoms with Crippen molar-refractivity contribution in [1.82, 2.24) is 13.0 Å². The average molecular weight is 724 g/mol. The quantitative estimate of drug-likeness (QED) is 0.127. The van der Waals surface area contributed by atoms with Crippen molar-refractivity contribution in [3.63, 3.8) is 0 Å². The first-order valence-electron chi connectivity index (χ1n) is 15.1. The van der Waals surface area contributed by atoms with Gasteiger partial charge in [-0.15, -0.1) is 4.51 Å². The molecular formula is C36H28N3O8P3. The summed E-state index contributed by atoms with van der Waals surface area (Å²) in [7, 11) is -3.60. The molecule has 1 heterocycles. The Kier molecular flexibility index (Phi) is 10.1.